The van der Waals surface area contributed by atoms with Crippen LogP contribution in [-0.4, -0.2) is 58.1 Å². The number of hydrogen-bond acceptors (Lipinski definition) is 4. The number of amides is 3. The minimum Gasteiger partial charge on any atom is -0.384 e. The molecule has 3 rings (SSSR count). The maximum Gasteiger partial charge on any atom is 0.325 e. The van der Waals surface area contributed by atoms with Crippen molar-refractivity contribution in [1.82, 2.24) is 15.1 Å². The summed E-state index contributed by atoms with van der Waals surface area (Å²) in [5, 5.41) is 13.7. The lowest BCUT2D eigenvalue weighted by atomic mass is 9.95. The average molecular weight is 331 g/mol. The zero-order valence-electron chi connectivity index (χ0n) is 14.5. The van der Waals surface area contributed by atoms with Gasteiger partial charge in [-0.05, 0) is 32.8 Å². The van der Waals surface area contributed by atoms with Crippen LogP contribution in [0.2, 0.25) is 0 Å². The van der Waals surface area contributed by atoms with Gasteiger partial charge in [-0.15, -0.1) is 0 Å². The molecule has 2 saturated heterocycles. The van der Waals surface area contributed by atoms with Gasteiger partial charge in [0, 0.05) is 25.7 Å². The lowest BCUT2D eigenvalue weighted by molar-refractivity contribution is -0.132. The van der Waals surface area contributed by atoms with E-state index in [-0.39, 0.29) is 18.0 Å². The second-order valence-electron chi connectivity index (χ2n) is 7.38. The van der Waals surface area contributed by atoms with Gasteiger partial charge >= 0.3 is 6.03 Å². The average Bonchev–Trinajstić information content (AvgIpc) is 3.01. The maximum atomic E-state index is 12.7. The van der Waals surface area contributed by atoms with E-state index in [1.54, 1.807) is 6.92 Å². The molecule has 2 aliphatic heterocycles. The molecule has 0 bridgehead atoms. The fourth-order valence-corrected chi connectivity index (χ4v) is 3.73. The van der Waals surface area contributed by atoms with Crippen LogP contribution in [0.5, 0.6) is 0 Å². The summed E-state index contributed by atoms with van der Waals surface area (Å²) in [6, 6.07) is 9.04. The zero-order chi connectivity index (χ0) is 17.5. The fraction of sp³-hybridized carbons (Fsp3) is 0.556. The molecular formula is C18H25N3O3. The summed E-state index contributed by atoms with van der Waals surface area (Å²) in [5.74, 6) is -0.149. The highest BCUT2D eigenvalue weighted by Crippen LogP contribution is 2.32. The Morgan fingerprint density at radius 3 is 2.54 bits per heavy atom. The second-order valence-corrected chi connectivity index (χ2v) is 7.38. The van der Waals surface area contributed by atoms with Gasteiger partial charge in [0.2, 0.25) is 0 Å². The van der Waals surface area contributed by atoms with Crippen molar-refractivity contribution in [3.63, 3.8) is 0 Å². The lowest BCUT2D eigenvalue weighted by Gasteiger charge is -2.30. The number of rotatable bonds is 4. The van der Waals surface area contributed by atoms with E-state index in [1.165, 1.54) is 4.90 Å². The summed E-state index contributed by atoms with van der Waals surface area (Å²) in [6.07, 6.45) is 0.575. The van der Waals surface area contributed by atoms with Crippen LogP contribution >= 0.6 is 0 Å². The number of β-amino-alcohol motifs (C(OH)–C–C–N with tert-alkyl or cyclic N) is 1. The van der Waals surface area contributed by atoms with Gasteiger partial charge < -0.3 is 10.4 Å². The summed E-state index contributed by atoms with van der Waals surface area (Å²) >= 11 is 0. The summed E-state index contributed by atoms with van der Waals surface area (Å²) < 4.78 is 0. The molecule has 1 aromatic rings. The van der Waals surface area contributed by atoms with E-state index in [4.69, 9.17) is 0 Å². The summed E-state index contributed by atoms with van der Waals surface area (Å²) in [7, 11) is 0. The molecule has 0 unspecified atom stereocenters. The first-order valence-corrected chi connectivity index (χ1v) is 8.41. The quantitative estimate of drug-likeness (QED) is 0.816. The smallest absolute Gasteiger partial charge is 0.325 e. The maximum absolute atomic E-state index is 12.7. The molecule has 2 aliphatic rings. The van der Waals surface area contributed by atoms with Crippen molar-refractivity contribution in [2.24, 2.45) is 0 Å². The van der Waals surface area contributed by atoms with Gasteiger partial charge in [-0.1, -0.05) is 30.3 Å². The van der Waals surface area contributed by atoms with E-state index < -0.39 is 11.1 Å². The van der Waals surface area contributed by atoms with Crippen molar-refractivity contribution in [2.75, 3.05) is 19.6 Å². The molecular weight excluding hydrogens is 306 g/mol. The number of carbonyl (C=O) groups is 2. The van der Waals surface area contributed by atoms with Gasteiger partial charge in [-0.3, -0.25) is 14.6 Å². The Hall–Kier alpha value is -1.92. The number of aliphatic hydroxyl groups is 1. The van der Waals surface area contributed by atoms with Crippen LogP contribution in [0.4, 0.5) is 4.79 Å². The minimum absolute atomic E-state index is 0.149. The third-order valence-corrected chi connectivity index (χ3v) is 4.99. The first-order chi connectivity index (χ1) is 11.3. The van der Waals surface area contributed by atoms with E-state index in [9.17, 15) is 14.7 Å². The fourth-order valence-electron chi connectivity index (χ4n) is 3.73. The van der Waals surface area contributed by atoms with Crippen molar-refractivity contribution in [2.45, 2.75) is 44.4 Å². The SMILES string of the molecule is CC(C)N1C(=O)N[C@@]2(CCN(C[C@@](C)(O)c3ccccc3)C2)C1=O. The van der Waals surface area contributed by atoms with Crippen LogP contribution in [0.15, 0.2) is 30.3 Å². The number of carbonyl (C=O) groups excluding carboxylic acids is 2. The highest BCUT2D eigenvalue weighted by Gasteiger charge is 2.55. The van der Waals surface area contributed by atoms with Crippen LogP contribution in [-0.2, 0) is 10.4 Å². The third-order valence-electron chi connectivity index (χ3n) is 4.99. The van der Waals surface area contributed by atoms with E-state index in [0.717, 1.165) is 5.56 Å². The van der Waals surface area contributed by atoms with Gasteiger partial charge in [0.25, 0.3) is 5.91 Å². The Morgan fingerprint density at radius 2 is 1.96 bits per heavy atom. The molecule has 2 N–H and O–H groups in total. The van der Waals surface area contributed by atoms with Gasteiger partial charge in [0.15, 0.2) is 0 Å². The zero-order valence-corrected chi connectivity index (χ0v) is 14.5. The number of imide groups is 1. The van der Waals surface area contributed by atoms with Gasteiger partial charge in [0.05, 0.1) is 5.60 Å². The normalized spacial score (nSPS) is 27.1. The highest BCUT2D eigenvalue weighted by atomic mass is 16.3. The van der Waals surface area contributed by atoms with Gasteiger partial charge in [-0.2, -0.15) is 0 Å². The number of nitrogens with zero attached hydrogens (tertiary/aromatic N) is 2. The Bertz CT molecular complexity index is 644. The topological polar surface area (TPSA) is 72.9 Å². The molecule has 130 valence electrons. The summed E-state index contributed by atoms with van der Waals surface area (Å²) in [4.78, 5) is 28.2. The Balaban J connectivity index is 1.72. The number of hydrogen-bond donors (Lipinski definition) is 2. The molecule has 0 saturated carbocycles. The van der Waals surface area contributed by atoms with Crippen LogP contribution in [0.1, 0.15) is 32.8 Å². The van der Waals surface area contributed by atoms with Crippen molar-refractivity contribution >= 4 is 11.9 Å². The summed E-state index contributed by atoms with van der Waals surface area (Å²) in [5.41, 5.74) is -0.999. The third kappa shape index (κ3) is 2.80. The van der Waals surface area contributed by atoms with Gasteiger partial charge in [0.1, 0.15) is 5.54 Å². The molecule has 6 nitrogen and oxygen atoms in total. The van der Waals surface area contributed by atoms with Gasteiger partial charge in [-0.25, -0.2) is 4.79 Å². The van der Waals surface area contributed by atoms with E-state index >= 15 is 0 Å². The molecule has 3 amide bonds. The van der Waals surface area contributed by atoms with Crippen molar-refractivity contribution < 1.29 is 14.7 Å². The van der Waals surface area contributed by atoms with Crippen molar-refractivity contribution in [3.05, 3.63) is 35.9 Å². The first kappa shape index (κ1) is 16.9. The van der Waals surface area contributed by atoms with E-state index in [0.29, 0.717) is 26.1 Å². The predicted octanol–water partition coefficient (Wildman–Crippen LogP) is 1.30. The van der Waals surface area contributed by atoms with Crippen molar-refractivity contribution in [3.8, 4) is 0 Å². The summed E-state index contributed by atoms with van der Waals surface area (Å²) in [6.45, 7) is 6.98. The molecule has 1 aromatic carbocycles. The first-order valence-electron chi connectivity index (χ1n) is 8.41. The molecule has 2 heterocycles. The molecule has 0 aliphatic carbocycles. The number of nitrogens with one attached hydrogen (secondary N) is 1. The highest BCUT2D eigenvalue weighted by molar-refractivity contribution is 6.07. The molecule has 6 heteroatoms. The molecule has 1 spiro atoms. The molecule has 2 atom stereocenters. The number of urea groups is 1. The number of benzene rings is 1. The van der Waals surface area contributed by atoms with Crippen LogP contribution in [0.3, 0.4) is 0 Å². The standard InChI is InChI=1S/C18H25N3O3/c1-13(2)21-15(22)18(19-16(21)23)9-10-20(12-18)11-17(3,24)14-7-5-4-6-8-14/h4-8,13,24H,9-12H2,1-3H3,(H,19,23)/t17-,18-/m1/s1. The molecule has 0 radical (unpaired) electrons. The number of likely N-dealkylation sites (tertiary alicyclic amines) is 1. The van der Waals surface area contributed by atoms with E-state index in [1.807, 2.05) is 44.2 Å². The van der Waals surface area contributed by atoms with Crippen LogP contribution in [0.25, 0.3) is 0 Å². The largest absolute Gasteiger partial charge is 0.384 e. The minimum atomic E-state index is -1.00. The second kappa shape index (κ2) is 5.86. The molecule has 24 heavy (non-hydrogen) atoms. The Kier molecular flexibility index (Phi) is 4.13. The predicted molar refractivity (Wildman–Crippen MR) is 90.3 cm³/mol. The van der Waals surface area contributed by atoms with Crippen LogP contribution in [0, 0.1) is 0 Å². The molecule has 2 fully saturated rings. The van der Waals surface area contributed by atoms with E-state index in [2.05, 4.69) is 10.2 Å². The van der Waals surface area contributed by atoms with Crippen LogP contribution < -0.4 is 5.32 Å². The van der Waals surface area contributed by atoms with Crippen molar-refractivity contribution in [1.29, 1.82) is 0 Å². The Labute approximate surface area is 142 Å². The lowest BCUT2D eigenvalue weighted by Crippen LogP contribution is -2.50. The monoisotopic (exact) mass is 331 g/mol. The molecule has 0 aromatic heterocycles. The Morgan fingerprint density at radius 1 is 1.29 bits per heavy atom.